The van der Waals surface area contributed by atoms with Crippen molar-refractivity contribution in [2.45, 2.75) is 13.0 Å². The Labute approximate surface area is 104 Å². The number of aromatic hydroxyl groups is 1. The molecule has 2 N–H and O–H groups in total. The average Bonchev–Trinajstić information content (AvgIpc) is 2.32. The number of hydrogen-bond donors (Lipinski definition) is 2. The van der Waals surface area contributed by atoms with Gasteiger partial charge in [-0.3, -0.25) is 0 Å². The zero-order valence-electron chi connectivity index (χ0n) is 9.26. The lowest BCUT2D eigenvalue weighted by molar-refractivity contribution is 0.474. The lowest BCUT2D eigenvalue weighted by Gasteiger charge is -2.14. The number of benzene rings is 1. The van der Waals surface area contributed by atoms with Crippen molar-refractivity contribution in [3.8, 4) is 5.75 Å². The van der Waals surface area contributed by atoms with Crippen LogP contribution in [-0.2, 0) is 0 Å². The van der Waals surface area contributed by atoms with Crippen LogP contribution in [0.1, 0.15) is 18.5 Å². The monoisotopic (exact) mass is 249 g/mol. The van der Waals surface area contributed by atoms with Crippen LogP contribution in [0.5, 0.6) is 5.75 Å². The zero-order valence-corrected chi connectivity index (χ0v) is 10.0. The van der Waals surface area contributed by atoms with Gasteiger partial charge in [0.2, 0.25) is 5.95 Å². The average molecular weight is 250 g/mol. The van der Waals surface area contributed by atoms with Gasteiger partial charge in [0.1, 0.15) is 5.75 Å². The molecule has 1 aromatic carbocycles. The Kier molecular flexibility index (Phi) is 3.44. The summed E-state index contributed by atoms with van der Waals surface area (Å²) in [5.41, 5.74) is 0.962. The maximum Gasteiger partial charge on any atom is 0.223 e. The summed E-state index contributed by atoms with van der Waals surface area (Å²) in [5, 5.41) is 13.0. The van der Waals surface area contributed by atoms with Gasteiger partial charge in [-0.05, 0) is 24.6 Å². The molecule has 0 radical (unpaired) electrons. The predicted octanol–water partition coefficient (Wildman–Crippen LogP) is 3.01. The summed E-state index contributed by atoms with van der Waals surface area (Å²) in [5.74, 6) is 0.749. The molecule has 0 aliphatic heterocycles. The maximum atomic E-state index is 9.39. The van der Waals surface area contributed by atoms with Crippen molar-refractivity contribution < 1.29 is 5.11 Å². The van der Waals surface area contributed by atoms with Gasteiger partial charge in [-0.1, -0.05) is 23.7 Å². The number of phenols is 1. The van der Waals surface area contributed by atoms with Gasteiger partial charge in [0, 0.05) is 0 Å². The Balaban J connectivity index is 2.11. The fraction of sp³-hybridized carbons (Fsp3) is 0.167. The molecule has 0 saturated heterocycles. The third kappa shape index (κ3) is 3.07. The van der Waals surface area contributed by atoms with E-state index in [1.54, 1.807) is 18.2 Å². The fourth-order valence-electron chi connectivity index (χ4n) is 1.46. The Morgan fingerprint density at radius 3 is 2.65 bits per heavy atom. The van der Waals surface area contributed by atoms with Crippen molar-refractivity contribution in [2.24, 2.45) is 0 Å². The molecule has 0 fully saturated rings. The first-order valence-electron chi connectivity index (χ1n) is 5.18. The molecule has 0 bridgehead atoms. The Hall–Kier alpha value is -1.81. The summed E-state index contributed by atoms with van der Waals surface area (Å²) in [6.45, 7) is 1.97. The molecule has 0 spiro atoms. The summed E-state index contributed by atoms with van der Waals surface area (Å²) in [7, 11) is 0. The minimum atomic E-state index is 0.00303. The first kappa shape index (κ1) is 11.7. The highest BCUT2D eigenvalue weighted by molar-refractivity contribution is 6.30. The predicted molar refractivity (Wildman–Crippen MR) is 67.2 cm³/mol. The smallest absolute Gasteiger partial charge is 0.223 e. The number of hydrogen-bond acceptors (Lipinski definition) is 4. The van der Waals surface area contributed by atoms with E-state index in [1.807, 2.05) is 13.0 Å². The molecular formula is C12H12ClN3O. The van der Waals surface area contributed by atoms with Crippen LogP contribution < -0.4 is 5.32 Å². The first-order valence-corrected chi connectivity index (χ1v) is 5.56. The summed E-state index contributed by atoms with van der Waals surface area (Å²) in [6, 6.07) is 7.06. The Bertz CT molecular complexity index is 501. The number of aromatic nitrogens is 2. The molecule has 0 aliphatic rings. The number of anilines is 1. The fourth-order valence-corrected chi connectivity index (χ4v) is 1.56. The van der Waals surface area contributed by atoms with E-state index in [4.69, 9.17) is 11.6 Å². The van der Waals surface area contributed by atoms with Crippen molar-refractivity contribution in [3.05, 3.63) is 47.2 Å². The number of halogens is 1. The highest BCUT2D eigenvalue weighted by Crippen LogP contribution is 2.20. The molecule has 0 saturated carbocycles. The van der Waals surface area contributed by atoms with E-state index in [2.05, 4.69) is 15.3 Å². The van der Waals surface area contributed by atoms with Crippen molar-refractivity contribution in [2.75, 3.05) is 5.32 Å². The number of nitrogens with one attached hydrogen (secondary N) is 1. The van der Waals surface area contributed by atoms with E-state index in [0.29, 0.717) is 11.0 Å². The van der Waals surface area contributed by atoms with Crippen LogP contribution in [0, 0.1) is 0 Å². The molecule has 88 valence electrons. The molecule has 0 aliphatic carbocycles. The van der Waals surface area contributed by atoms with Crippen LogP contribution in [0.3, 0.4) is 0 Å². The first-order chi connectivity index (χ1) is 8.15. The van der Waals surface area contributed by atoms with Crippen LogP contribution in [0.15, 0.2) is 36.7 Å². The minimum absolute atomic E-state index is 0.00303. The molecule has 17 heavy (non-hydrogen) atoms. The van der Waals surface area contributed by atoms with Crippen LogP contribution in [0.4, 0.5) is 5.95 Å². The van der Waals surface area contributed by atoms with Crippen molar-refractivity contribution in [3.63, 3.8) is 0 Å². The summed E-state index contributed by atoms with van der Waals surface area (Å²) < 4.78 is 0. The molecule has 0 amide bonds. The van der Waals surface area contributed by atoms with Crippen LogP contribution in [0.25, 0.3) is 0 Å². The van der Waals surface area contributed by atoms with E-state index in [0.717, 1.165) is 5.56 Å². The number of phenolic OH excluding ortho intramolecular Hbond substituents is 1. The van der Waals surface area contributed by atoms with Crippen LogP contribution in [0.2, 0.25) is 5.02 Å². The SMILES string of the molecule is C[C@H](Nc1ncc(Cl)cn1)c1cccc(O)c1. The molecule has 1 atom stereocenters. The molecular weight excluding hydrogens is 238 g/mol. The number of rotatable bonds is 3. The molecule has 4 nitrogen and oxygen atoms in total. The quantitative estimate of drug-likeness (QED) is 0.878. The third-order valence-corrected chi connectivity index (χ3v) is 2.53. The van der Waals surface area contributed by atoms with Crippen molar-refractivity contribution >= 4 is 17.5 Å². The summed E-state index contributed by atoms with van der Waals surface area (Å²) in [6.07, 6.45) is 3.07. The van der Waals surface area contributed by atoms with Gasteiger partial charge in [-0.15, -0.1) is 0 Å². The van der Waals surface area contributed by atoms with Gasteiger partial charge in [-0.2, -0.15) is 0 Å². The van der Waals surface area contributed by atoms with Gasteiger partial charge in [0.15, 0.2) is 0 Å². The second-order valence-corrected chi connectivity index (χ2v) is 4.12. The van der Waals surface area contributed by atoms with E-state index >= 15 is 0 Å². The van der Waals surface area contributed by atoms with Crippen molar-refractivity contribution in [1.82, 2.24) is 9.97 Å². The normalized spacial score (nSPS) is 12.1. The lowest BCUT2D eigenvalue weighted by Crippen LogP contribution is -2.08. The topological polar surface area (TPSA) is 58.0 Å². The molecule has 1 aromatic heterocycles. The standard InChI is InChI=1S/C12H12ClN3O/c1-8(9-3-2-4-11(17)5-9)16-12-14-6-10(13)7-15-12/h2-8,17H,1H3,(H,14,15,16)/t8-/m0/s1. The number of nitrogens with zero attached hydrogens (tertiary/aromatic N) is 2. The Morgan fingerprint density at radius 2 is 2.00 bits per heavy atom. The second kappa shape index (κ2) is 5.01. The second-order valence-electron chi connectivity index (χ2n) is 3.69. The van der Waals surface area contributed by atoms with Gasteiger partial charge in [-0.25, -0.2) is 9.97 Å². The summed E-state index contributed by atoms with van der Waals surface area (Å²) in [4.78, 5) is 8.10. The van der Waals surface area contributed by atoms with E-state index in [1.165, 1.54) is 12.4 Å². The minimum Gasteiger partial charge on any atom is -0.508 e. The molecule has 2 rings (SSSR count). The highest BCUT2D eigenvalue weighted by Gasteiger charge is 2.07. The lowest BCUT2D eigenvalue weighted by atomic mass is 10.1. The van der Waals surface area contributed by atoms with Crippen LogP contribution in [-0.4, -0.2) is 15.1 Å². The summed E-state index contributed by atoms with van der Waals surface area (Å²) >= 11 is 5.70. The molecule has 2 aromatic rings. The van der Waals surface area contributed by atoms with Gasteiger partial charge < -0.3 is 10.4 Å². The van der Waals surface area contributed by atoms with Gasteiger partial charge >= 0.3 is 0 Å². The van der Waals surface area contributed by atoms with E-state index in [9.17, 15) is 5.11 Å². The van der Waals surface area contributed by atoms with Crippen molar-refractivity contribution in [1.29, 1.82) is 0 Å². The highest BCUT2D eigenvalue weighted by atomic mass is 35.5. The Morgan fingerprint density at radius 1 is 1.29 bits per heavy atom. The zero-order chi connectivity index (χ0) is 12.3. The van der Waals surface area contributed by atoms with Gasteiger partial charge in [0.05, 0.1) is 23.5 Å². The molecule has 1 heterocycles. The van der Waals surface area contributed by atoms with Crippen LogP contribution >= 0.6 is 11.6 Å². The third-order valence-electron chi connectivity index (χ3n) is 2.34. The largest absolute Gasteiger partial charge is 0.508 e. The maximum absolute atomic E-state index is 9.39. The molecule has 5 heteroatoms. The van der Waals surface area contributed by atoms with Gasteiger partial charge in [0.25, 0.3) is 0 Å². The van der Waals surface area contributed by atoms with E-state index < -0.39 is 0 Å². The van der Waals surface area contributed by atoms with E-state index in [-0.39, 0.29) is 11.8 Å². The molecule has 0 unspecified atom stereocenters.